The van der Waals surface area contributed by atoms with Gasteiger partial charge in [-0.2, -0.15) is 4.31 Å². The van der Waals surface area contributed by atoms with E-state index in [4.69, 9.17) is 4.74 Å². The summed E-state index contributed by atoms with van der Waals surface area (Å²) in [5.41, 5.74) is 3.72. The van der Waals surface area contributed by atoms with Crippen LogP contribution in [0, 0.1) is 6.92 Å². The third kappa shape index (κ3) is 3.15. The van der Waals surface area contributed by atoms with Gasteiger partial charge in [-0.05, 0) is 49.4 Å². The molecular formula is C25H29NO3S. The Morgan fingerprint density at radius 3 is 2.60 bits per heavy atom. The highest BCUT2D eigenvalue weighted by Gasteiger charge is 2.55. The number of nitrogens with zero attached hydrogens (tertiary/aromatic N) is 1. The molecule has 1 saturated carbocycles. The van der Waals surface area contributed by atoms with Gasteiger partial charge < -0.3 is 4.74 Å². The summed E-state index contributed by atoms with van der Waals surface area (Å²) in [4.78, 5) is 0.368. The number of sulfonamides is 1. The third-order valence-corrected chi connectivity index (χ3v) is 8.83. The minimum Gasteiger partial charge on any atom is -0.374 e. The molecule has 4 nitrogen and oxygen atoms in total. The van der Waals surface area contributed by atoms with Crippen LogP contribution in [0.2, 0.25) is 0 Å². The number of fused-ring (bicyclic) bond motifs is 3. The predicted molar refractivity (Wildman–Crippen MR) is 118 cm³/mol. The largest absolute Gasteiger partial charge is 0.374 e. The van der Waals surface area contributed by atoms with Crippen molar-refractivity contribution in [3.8, 4) is 0 Å². The number of ether oxygens (including phenoxy) is 1. The fourth-order valence-corrected chi connectivity index (χ4v) is 7.34. The van der Waals surface area contributed by atoms with E-state index < -0.39 is 15.6 Å². The van der Waals surface area contributed by atoms with E-state index in [1.165, 1.54) is 18.4 Å². The van der Waals surface area contributed by atoms with Crippen LogP contribution in [-0.2, 0) is 26.9 Å². The fraction of sp³-hybridized carbons (Fsp3) is 0.440. The van der Waals surface area contributed by atoms with Crippen molar-refractivity contribution >= 4 is 10.0 Å². The first-order chi connectivity index (χ1) is 14.5. The zero-order valence-corrected chi connectivity index (χ0v) is 18.3. The van der Waals surface area contributed by atoms with Gasteiger partial charge in [-0.3, -0.25) is 0 Å². The van der Waals surface area contributed by atoms with Crippen molar-refractivity contribution in [1.82, 2.24) is 4.31 Å². The molecule has 2 atom stereocenters. The Labute approximate surface area is 179 Å². The number of hydrogen-bond acceptors (Lipinski definition) is 3. The maximum Gasteiger partial charge on any atom is 0.244 e. The first-order valence-corrected chi connectivity index (χ1v) is 12.5. The maximum atomic E-state index is 14.1. The van der Waals surface area contributed by atoms with Gasteiger partial charge in [0.15, 0.2) is 0 Å². The lowest BCUT2D eigenvalue weighted by Crippen LogP contribution is -2.53. The minimum absolute atomic E-state index is 0.0913. The Bertz CT molecular complexity index is 1070. The average molecular weight is 424 g/mol. The lowest BCUT2D eigenvalue weighted by Gasteiger charge is -2.43. The number of benzene rings is 2. The van der Waals surface area contributed by atoms with Gasteiger partial charge in [0.2, 0.25) is 10.0 Å². The number of aryl methyl sites for hydroxylation is 1. The molecule has 1 aliphatic carbocycles. The van der Waals surface area contributed by atoms with Crippen LogP contribution in [0.5, 0.6) is 0 Å². The molecule has 0 amide bonds. The molecule has 0 aromatic heterocycles. The Morgan fingerprint density at radius 1 is 1.00 bits per heavy atom. The topological polar surface area (TPSA) is 46.6 Å². The molecule has 1 fully saturated rings. The van der Waals surface area contributed by atoms with Crippen molar-refractivity contribution in [2.24, 2.45) is 0 Å². The van der Waals surface area contributed by atoms with Crippen LogP contribution in [0.15, 0.2) is 65.1 Å². The highest BCUT2D eigenvalue weighted by Crippen LogP contribution is 2.50. The Hall–Kier alpha value is -1.95. The van der Waals surface area contributed by atoms with Gasteiger partial charge in [0.05, 0.1) is 18.1 Å². The summed E-state index contributed by atoms with van der Waals surface area (Å²) in [5.74, 6) is 0. The molecule has 2 aromatic carbocycles. The maximum absolute atomic E-state index is 14.1. The fourth-order valence-electron chi connectivity index (χ4n) is 5.43. The molecule has 30 heavy (non-hydrogen) atoms. The first kappa shape index (κ1) is 20.0. The molecule has 1 spiro atoms. The molecule has 2 heterocycles. The molecule has 0 radical (unpaired) electrons. The number of rotatable bonds is 2. The Balaban J connectivity index is 1.71. The van der Waals surface area contributed by atoms with Gasteiger partial charge in [0.1, 0.15) is 5.54 Å². The van der Waals surface area contributed by atoms with Crippen molar-refractivity contribution in [2.75, 3.05) is 6.61 Å². The third-order valence-electron chi connectivity index (χ3n) is 6.86. The first-order valence-electron chi connectivity index (χ1n) is 11.0. The van der Waals surface area contributed by atoms with Crippen molar-refractivity contribution in [1.29, 1.82) is 0 Å². The van der Waals surface area contributed by atoms with E-state index in [9.17, 15) is 8.42 Å². The van der Waals surface area contributed by atoms with Crippen LogP contribution in [-0.4, -0.2) is 25.4 Å². The summed E-state index contributed by atoms with van der Waals surface area (Å²) in [6.45, 7) is 2.88. The van der Waals surface area contributed by atoms with Gasteiger partial charge >= 0.3 is 0 Å². The van der Waals surface area contributed by atoms with E-state index in [2.05, 4.69) is 18.2 Å². The van der Waals surface area contributed by atoms with E-state index in [0.29, 0.717) is 18.1 Å². The van der Waals surface area contributed by atoms with Gasteiger partial charge in [0.25, 0.3) is 0 Å². The van der Waals surface area contributed by atoms with Crippen LogP contribution in [0.1, 0.15) is 55.2 Å². The molecule has 5 heteroatoms. The summed E-state index contributed by atoms with van der Waals surface area (Å²) in [6.07, 6.45) is 8.65. The summed E-state index contributed by atoms with van der Waals surface area (Å²) >= 11 is 0. The second kappa shape index (κ2) is 7.63. The molecular weight excluding hydrogens is 394 g/mol. The van der Waals surface area contributed by atoms with Gasteiger partial charge in [-0.1, -0.05) is 72.9 Å². The SMILES string of the molecule is Cc1ccc(S(=O)(=O)N2[C@H]3CCCCCCC3=C[C@@]23COCc2ccccc23)cc1. The molecule has 0 N–H and O–H groups in total. The highest BCUT2D eigenvalue weighted by molar-refractivity contribution is 7.89. The van der Waals surface area contributed by atoms with Gasteiger partial charge in [0, 0.05) is 6.04 Å². The zero-order valence-electron chi connectivity index (χ0n) is 17.5. The van der Waals surface area contributed by atoms with Crippen LogP contribution < -0.4 is 0 Å². The van der Waals surface area contributed by atoms with Gasteiger partial charge in [-0.25, -0.2) is 8.42 Å². The second-order valence-electron chi connectivity index (χ2n) is 8.88. The summed E-state index contributed by atoms with van der Waals surface area (Å²) in [6, 6.07) is 15.3. The smallest absolute Gasteiger partial charge is 0.244 e. The average Bonchev–Trinajstić information content (AvgIpc) is 3.02. The molecule has 0 unspecified atom stereocenters. The summed E-state index contributed by atoms with van der Waals surface area (Å²) in [7, 11) is -3.70. The van der Waals surface area contributed by atoms with E-state index in [-0.39, 0.29) is 6.04 Å². The molecule has 2 aliphatic heterocycles. The molecule has 3 aliphatic rings. The van der Waals surface area contributed by atoms with E-state index in [1.807, 2.05) is 35.5 Å². The standard InChI is InChI=1S/C25H29NO3S/c1-19-12-14-22(15-13-19)30(27,28)26-24-11-5-3-2-4-8-20(24)16-25(26)18-29-17-21-9-6-7-10-23(21)25/h6-7,9-10,12-16,24H,2-5,8,11,17-18H2,1H3/t24-,25-/m0/s1. The quantitative estimate of drug-likeness (QED) is 0.633. The monoisotopic (exact) mass is 423 g/mol. The number of hydrogen-bond donors (Lipinski definition) is 0. The Morgan fingerprint density at radius 2 is 1.77 bits per heavy atom. The summed E-state index contributed by atoms with van der Waals surface area (Å²) in [5, 5.41) is 0. The van der Waals surface area contributed by atoms with Gasteiger partial charge in [-0.15, -0.1) is 0 Å². The van der Waals surface area contributed by atoms with E-state index >= 15 is 0 Å². The molecule has 2 aromatic rings. The van der Waals surface area contributed by atoms with Crippen LogP contribution in [0.4, 0.5) is 0 Å². The van der Waals surface area contributed by atoms with Crippen molar-refractivity contribution in [2.45, 2.75) is 68.5 Å². The molecule has 0 saturated heterocycles. The van der Waals surface area contributed by atoms with E-state index in [0.717, 1.165) is 42.4 Å². The van der Waals surface area contributed by atoms with Crippen molar-refractivity contribution in [3.05, 3.63) is 76.9 Å². The lowest BCUT2D eigenvalue weighted by atomic mass is 9.85. The predicted octanol–water partition coefficient (Wildman–Crippen LogP) is 5.07. The second-order valence-corrected chi connectivity index (χ2v) is 10.7. The lowest BCUT2D eigenvalue weighted by molar-refractivity contribution is 0.0228. The van der Waals surface area contributed by atoms with Crippen LogP contribution in [0.25, 0.3) is 0 Å². The zero-order chi connectivity index (χ0) is 20.8. The molecule has 5 rings (SSSR count). The summed E-state index contributed by atoms with van der Waals surface area (Å²) < 4.78 is 36.1. The van der Waals surface area contributed by atoms with Crippen molar-refractivity contribution in [3.63, 3.8) is 0 Å². The van der Waals surface area contributed by atoms with Crippen LogP contribution >= 0.6 is 0 Å². The minimum atomic E-state index is -3.70. The van der Waals surface area contributed by atoms with Crippen molar-refractivity contribution < 1.29 is 13.2 Å². The Kier molecular flexibility index (Phi) is 5.08. The van der Waals surface area contributed by atoms with Crippen LogP contribution in [0.3, 0.4) is 0 Å². The van der Waals surface area contributed by atoms with E-state index in [1.54, 1.807) is 12.1 Å². The molecule has 0 bridgehead atoms. The molecule has 158 valence electrons. The highest BCUT2D eigenvalue weighted by atomic mass is 32.2. The normalized spacial score (nSPS) is 27.1.